The fourth-order valence-electron chi connectivity index (χ4n) is 1.07. The van der Waals surface area contributed by atoms with Crippen LogP contribution in [0.1, 0.15) is 36.6 Å². The Labute approximate surface area is 83.9 Å². The first kappa shape index (κ1) is 10.7. The molecule has 1 aromatic rings. The predicted octanol–water partition coefficient (Wildman–Crippen LogP) is 2.00. The summed E-state index contributed by atoms with van der Waals surface area (Å²) < 4.78 is 0. The second-order valence-corrected chi connectivity index (χ2v) is 5.41. The van der Waals surface area contributed by atoms with Crippen LogP contribution in [0.25, 0.3) is 0 Å². The molecule has 0 aliphatic rings. The van der Waals surface area contributed by atoms with E-state index in [1.54, 1.807) is 11.3 Å². The van der Waals surface area contributed by atoms with Crippen molar-refractivity contribution >= 4 is 11.3 Å². The molecule has 0 saturated heterocycles. The highest BCUT2D eigenvalue weighted by molar-refractivity contribution is 7.12. The molecule has 1 atom stereocenters. The number of thiophene rings is 1. The summed E-state index contributed by atoms with van der Waals surface area (Å²) in [4.78, 5) is 2.55. The molecule has 1 heterocycles. The zero-order valence-electron chi connectivity index (χ0n) is 8.50. The van der Waals surface area contributed by atoms with Crippen molar-refractivity contribution < 1.29 is 0 Å². The molecule has 1 unspecified atom stereocenters. The third-order valence-corrected chi connectivity index (χ3v) is 3.63. The number of hydrogen-bond acceptors (Lipinski definition) is 3. The van der Waals surface area contributed by atoms with E-state index < -0.39 is 0 Å². The van der Waals surface area contributed by atoms with Crippen LogP contribution in [0.4, 0.5) is 0 Å². The van der Waals surface area contributed by atoms with E-state index in [2.05, 4.69) is 32.9 Å². The summed E-state index contributed by atoms with van der Waals surface area (Å²) >= 11 is 1.77. The third-order valence-electron chi connectivity index (χ3n) is 1.99. The van der Waals surface area contributed by atoms with Crippen LogP contribution in [0.2, 0.25) is 0 Å². The molecule has 0 aliphatic carbocycles. The highest BCUT2D eigenvalue weighted by Gasteiger charge is 2.17. The first-order chi connectivity index (χ1) is 5.95. The number of rotatable bonds is 2. The Morgan fingerprint density at radius 2 is 2.00 bits per heavy atom. The van der Waals surface area contributed by atoms with Gasteiger partial charge in [0, 0.05) is 16.3 Å². The smallest absolute Gasteiger partial charge is 0.0514 e. The van der Waals surface area contributed by atoms with Crippen LogP contribution in [-0.4, -0.2) is 6.54 Å². The van der Waals surface area contributed by atoms with Crippen LogP contribution >= 0.6 is 11.3 Å². The molecule has 4 N–H and O–H groups in total. The van der Waals surface area contributed by atoms with Gasteiger partial charge in [0.1, 0.15) is 0 Å². The van der Waals surface area contributed by atoms with E-state index in [0.717, 1.165) is 0 Å². The van der Waals surface area contributed by atoms with Gasteiger partial charge < -0.3 is 11.5 Å². The van der Waals surface area contributed by atoms with Gasteiger partial charge in [-0.1, -0.05) is 20.8 Å². The highest BCUT2D eigenvalue weighted by Crippen LogP contribution is 2.31. The predicted molar refractivity (Wildman–Crippen MR) is 59.0 cm³/mol. The van der Waals surface area contributed by atoms with Gasteiger partial charge in [-0.3, -0.25) is 0 Å². The van der Waals surface area contributed by atoms with E-state index in [-0.39, 0.29) is 11.5 Å². The van der Waals surface area contributed by atoms with Crippen LogP contribution in [0.15, 0.2) is 12.1 Å². The molecule has 0 spiro atoms. The third kappa shape index (κ3) is 2.53. The molecule has 13 heavy (non-hydrogen) atoms. The summed E-state index contributed by atoms with van der Waals surface area (Å²) in [6.45, 7) is 7.13. The summed E-state index contributed by atoms with van der Waals surface area (Å²) in [5.74, 6) is 0. The van der Waals surface area contributed by atoms with Gasteiger partial charge in [-0.2, -0.15) is 0 Å². The maximum absolute atomic E-state index is 5.84. The Morgan fingerprint density at radius 3 is 2.38 bits per heavy atom. The van der Waals surface area contributed by atoms with Crippen molar-refractivity contribution in [1.82, 2.24) is 0 Å². The van der Waals surface area contributed by atoms with Crippen LogP contribution in [0.5, 0.6) is 0 Å². The van der Waals surface area contributed by atoms with Crippen molar-refractivity contribution in [1.29, 1.82) is 0 Å². The lowest BCUT2D eigenvalue weighted by molar-refractivity contribution is 0.604. The number of hydrogen-bond donors (Lipinski definition) is 2. The molecule has 0 bridgehead atoms. The van der Waals surface area contributed by atoms with Crippen LogP contribution in [0, 0.1) is 0 Å². The molecule has 1 rings (SSSR count). The molecule has 0 fully saturated rings. The number of nitrogens with two attached hydrogens (primary N) is 2. The van der Waals surface area contributed by atoms with E-state index in [0.29, 0.717) is 6.54 Å². The van der Waals surface area contributed by atoms with Crippen LogP contribution in [-0.2, 0) is 5.41 Å². The zero-order chi connectivity index (χ0) is 10.1. The van der Waals surface area contributed by atoms with Gasteiger partial charge >= 0.3 is 0 Å². The summed E-state index contributed by atoms with van der Waals surface area (Å²) in [5, 5.41) is 0. The van der Waals surface area contributed by atoms with Crippen LogP contribution < -0.4 is 11.5 Å². The van der Waals surface area contributed by atoms with E-state index in [4.69, 9.17) is 11.5 Å². The molecule has 3 heteroatoms. The molecule has 0 saturated carbocycles. The van der Waals surface area contributed by atoms with Gasteiger partial charge in [0.15, 0.2) is 0 Å². The molecule has 74 valence electrons. The SMILES string of the molecule is CC(C)(C)c1ccc(C(N)CN)s1. The fourth-order valence-corrected chi connectivity index (χ4v) is 2.15. The topological polar surface area (TPSA) is 52.0 Å². The standard InChI is InChI=1S/C10H18N2S/c1-10(2,3)9-5-4-8(13-9)7(12)6-11/h4-5,7H,6,11-12H2,1-3H3. The van der Waals surface area contributed by atoms with Crippen LogP contribution in [0.3, 0.4) is 0 Å². The average Bonchev–Trinajstić information content (AvgIpc) is 2.50. The molecule has 0 radical (unpaired) electrons. The molecule has 1 aromatic heterocycles. The summed E-state index contributed by atoms with van der Waals surface area (Å²) in [6, 6.07) is 4.24. The molecule has 0 aliphatic heterocycles. The first-order valence-corrected chi connectivity index (χ1v) is 5.32. The van der Waals surface area contributed by atoms with Gasteiger partial charge in [-0.15, -0.1) is 11.3 Å². The average molecular weight is 198 g/mol. The van der Waals surface area contributed by atoms with E-state index in [9.17, 15) is 0 Å². The van der Waals surface area contributed by atoms with Crippen molar-refractivity contribution in [3.63, 3.8) is 0 Å². The largest absolute Gasteiger partial charge is 0.329 e. The van der Waals surface area contributed by atoms with Gasteiger partial charge in [0.05, 0.1) is 6.04 Å². The maximum Gasteiger partial charge on any atom is 0.0514 e. The Bertz CT molecular complexity index is 273. The van der Waals surface area contributed by atoms with E-state index >= 15 is 0 Å². The van der Waals surface area contributed by atoms with Gasteiger partial charge in [-0.05, 0) is 17.5 Å². The van der Waals surface area contributed by atoms with Crippen molar-refractivity contribution in [2.45, 2.75) is 32.2 Å². The van der Waals surface area contributed by atoms with Crippen molar-refractivity contribution in [2.75, 3.05) is 6.54 Å². The molecule has 2 nitrogen and oxygen atoms in total. The lowest BCUT2D eigenvalue weighted by atomic mass is 9.95. The second-order valence-electron chi connectivity index (χ2n) is 4.29. The van der Waals surface area contributed by atoms with E-state index in [1.165, 1.54) is 9.75 Å². The Kier molecular flexibility index (Phi) is 3.11. The zero-order valence-corrected chi connectivity index (χ0v) is 9.32. The van der Waals surface area contributed by atoms with Crippen molar-refractivity contribution in [3.8, 4) is 0 Å². The molecule has 0 amide bonds. The normalized spacial score (nSPS) is 14.5. The molecular formula is C10H18N2S. The summed E-state index contributed by atoms with van der Waals surface area (Å²) in [7, 11) is 0. The minimum atomic E-state index is 0.00102. The highest BCUT2D eigenvalue weighted by atomic mass is 32.1. The second kappa shape index (κ2) is 3.78. The van der Waals surface area contributed by atoms with E-state index in [1.807, 2.05) is 0 Å². The minimum absolute atomic E-state index is 0.00102. The lowest BCUT2D eigenvalue weighted by Gasteiger charge is -2.15. The maximum atomic E-state index is 5.84. The molecular weight excluding hydrogens is 180 g/mol. The van der Waals surface area contributed by atoms with Gasteiger partial charge in [-0.25, -0.2) is 0 Å². The van der Waals surface area contributed by atoms with Gasteiger partial charge in [0.25, 0.3) is 0 Å². The summed E-state index contributed by atoms with van der Waals surface area (Å²) in [6.07, 6.45) is 0. The quantitative estimate of drug-likeness (QED) is 0.763. The molecule has 0 aromatic carbocycles. The van der Waals surface area contributed by atoms with Crippen molar-refractivity contribution in [3.05, 3.63) is 21.9 Å². The Morgan fingerprint density at radius 1 is 1.38 bits per heavy atom. The van der Waals surface area contributed by atoms with Gasteiger partial charge in [0.2, 0.25) is 0 Å². The lowest BCUT2D eigenvalue weighted by Crippen LogP contribution is -2.19. The monoisotopic (exact) mass is 198 g/mol. The minimum Gasteiger partial charge on any atom is -0.329 e. The summed E-state index contributed by atoms with van der Waals surface area (Å²) in [5.41, 5.74) is 11.6. The Balaban J connectivity index is 2.87. The first-order valence-electron chi connectivity index (χ1n) is 4.51. The fraction of sp³-hybridized carbons (Fsp3) is 0.600. The van der Waals surface area contributed by atoms with Crippen molar-refractivity contribution in [2.24, 2.45) is 11.5 Å². The Hall–Kier alpha value is -0.380.